The molecule has 1 amide bonds. The van der Waals surface area contributed by atoms with Gasteiger partial charge in [-0.3, -0.25) is 4.79 Å². The van der Waals surface area contributed by atoms with E-state index in [0.29, 0.717) is 30.9 Å². The summed E-state index contributed by atoms with van der Waals surface area (Å²) in [7, 11) is -4.56. The van der Waals surface area contributed by atoms with Crippen molar-refractivity contribution in [1.29, 1.82) is 0 Å². The molecule has 2 unspecified atom stereocenters. The van der Waals surface area contributed by atoms with Crippen LogP contribution in [0.5, 0.6) is 0 Å². The summed E-state index contributed by atoms with van der Waals surface area (Å²) >= 11 is 0. The number of hydrogen-bond donors (Lipinski definition) is 1. The highest BCUT2D eigenvalue weighted by Crippen LogP contribution is 2.57. The molecule has 2 aromatic carbocycles. The molecule has 0 spiro atoms. The molecule has 236 valence electrons. The minimum absolute atomic E-state index is 0.0594. The van der Waals surface area contributed by atoms with E-state index in [1.165, 1.54) is 4.90 Å². The highest BCUT2D eigenvalue weighted by atomic mass is 32.2. The molecule has 0 aromatic heterocycles. The fourth-order valence-electron chi connectivity index (χ4n) is 6.90. The number of fused-ring (bicyclic) bond motifs is 3. The lowest BCUT2D eigenvalue weighted by molar-refractivity contribution is -0.348. The van der Waals surface area contributed by atoms with Crippen molar-refractivity contribution in [3.63, 3.8) is 0 Å². The second-order valence-corrected chi connectivity index (χ2v) is 14.4. The van der Waals surface area contributed by atoms with Crippen LogP contribution < -0.4 is 5.32 Å². The molecule has 14 heteroatoms. The number of amides is 1. The molecule has 43 heavy (non-hydrogen) atoms. The normalized spacial score (nSPS) is 28.2. The number of alkyl halides is 7. The highest BCUT2D eigenvalue weighted by molar-refractivity contribution is 7.92. The number of anilines is 1. The first-order chi connectivity index (χ1) is 19.8. The van der Waals surface area contributed by atoms with Crippen molar-refractivity contribution >= 4 is 21.4 Å². The van der Waals surface area contributed by atoms with Crippen LogP contribution in [0.25, 0.3) is 0 Å². The maximum atomic E-state index is 15.0. The van der Waals surface area contributed by atoms with Gasteiger partial charge in [0, 0.05) is 29.8 Å². The van der Waals surface area contributed by atoms with Gasteiger partial charge in [0.25, 0.3) is 0 Å². The van der Waals surface area contributed by atoms with Crippen LogP contribution in [0.2, 0.25) is 0 Å². The van der Waals surface area contributed by atoms with Gasteiger partial charge in [0.1, 0.15) is 10.6 Å². The first kappa shape index (κ1) is 31.5. The van der Waals surface area contributed by atoms with Crippen LogP contribution in [-0.4, -0.2) is 50.7 Å². The topological polar surface area (TPSA) is 66.5 Å². The molecule has 5 rings (SSSR count). The Morgan fingerprint density at radius 3 is 2.07 bits per heavy atom. The van der Waals surface area contributed by atoms with Gasteiger partial charge in [-0.15, -0.1) is 0 Å². The second-order valence-electron chi connectivity index (χ2n) is 12.1. The molecule has 2 aliphatic heterocycles. The molecule has 1 N–H and O–H groups in total. The van der Waals surface area contributed by atoms with Gasteiger partial charge in [-0.1, -0.05) is 26.0 Å². The van der Waals surface area contributed by atoms with Crippen LogP contribution >= 0.6 is 0 Å². The Labute approximate surface area is 243 Å². The van der Waals surface area contributed by atoms with Crippen molar-refractivity contribution in [1.82, 2.24) is 4.90 Å². The fourth-order valence-corrected chi connectivity index (χ4v) is 9.21. The minimum atomic E-state index is -6.36. The lowest BCUT2D eigenvalue weighted by Crippen LogP contribution is -2.57. The summed E-state index contributed by atoms with van der Waals surface area (Å²) in [6.07, 6.45) is -10.3. The zero-order valence-electron chi connectivity index (χ0n) is 23.2. The number of nitrogens with one attached hydrogen (secondary N) is 1. The predicted octanol–water partition coefficient (Wildman–Crippen LogP) is 7.03. The van der Waals surface area contributed by atoms with E-state index in [1.807, 2.05) is 0 Å². The lowest BCUT2D eigenvalue weighted by Gasteiger charge is -2.45. The summed E-state index contributed by atoms with van der Waals surface area (Å²) in [5.41, 5.74) is -8.90. The molecule has 2 aromatic rings. The van der Waals surface area contributed by atoms with E-state index in [2.05, 4.69) is 12.2 Å². The SMILES string of the molecule is CC1CCC(C)(C(=O)N2CCC3(S(=O)(=O)c4ccc(F)cc4)c4ccc(C(F)(C(F)(F)F)C(F)(F)F)cc4NCC23)CC1. The Hall–Kier alpha value is -2.90. The van der Waals surface area contributed by atoms with Crippen LogP contribution in [-0.2, 0) is 25.0 Å². The number of likely N-dealkylation sites (tertiary alicyclic amines) is 1. The number of halogens is 8. The van der Waals surface area contributed by atoms with Crippen molar-refractivity contribution in [2.45, 2.75) is 79.7 Å². The Bertz CT molecular complexity index is 1500. The van der Waals surface area contributed by atoms with Crippen molar-refractivity contribution in [3.05, 3.63) is 59.4 Å². The molecule has 1 saturated carbocycles. The fraction of sp³-hybridized carbons (Fsp3) is 0.552. The molecule has 2 heterocycles. The first-order valence-corrected chi connectivity index (χ1v) is 15.3. The molecule has 0 bridgehead atoms. The van der Waals surface area contributed by atoms with Gasteiger partial charge in [0.05, 0.1) is 10.9 Å². The van der Waals surface area contributed by atoms with Crippen LogP contribution in [0.4, 0.5) is 40.8 Å². The van der Waals surface area contributed by atoms with Gasteiger partial charge in [-0.25, -0.2) is 17.2 Å². The van der Waals surface area contributed by atoms with E-state index in [1.54, 1.807) is 6.92 Å². The van der Waals surface area contributed by atoms with E-state index >= 15 is 0 Å². The Balaban J connectivity index is 1.67. The molecule has 2 atom stereocenters. The Morgan fingerprint density at radius 2 is 1.51 bits per heavy atom. The third kappa shape index (κ3) is 4.61. The number of nitrogens with zero attached hydrogens (tertiary/aromatic N) is 1. The van der Waals surface area contributed by atoms with Crippen LogP contribution in [0.1, 0.15) is 57.1 Å². The summed E-state index contributed by atoms with van der Waals surface area (Å²) in [4.78, 5) is 15.1. The van der Waals surface area contributed by atoms with Gasteiger partial charge in [0.15, 0.2) is 9.84 Å². The number of benzene rings is 2. The smallest absolute Gasteiger partial charge is 0.383 e. The molecule has 2 fully saturated rings. The zero-order chi connectivity index (χ0) is 31.8. The number of hydrogen-bond acceptors (Lipinski definition) is 4. The van der Waals surface area contributed by atoms with Crippen molar-refractivity contribution in [2.75, 3.05) is 18.4 Å². The van der Waals surface area contributed by atoms with Crippen LogP contribution in [0.3, 0.4) is 0 Å². The summed E-state index contributed by atoms with van der Waals surface area (Å²) < 4.78 is 137. The first-order valence-electron chi connectivity index (χ1n) is 13.8. The van der Waals surface area contributed by atoms with Crippen molar-refractivity contribution in [3.8, 4) is 0 Å². The standard InChI is InChI=1S/C29H30F8N2O3S/c1-17-9-11-25(2,12-10-17)24(40)39-14-13-26(43(41,42)20-6-4-19(30)5-7-20)21-8-3-18(15-22(21)38-16-23(26)39)27(31,28(32,33)34)29(35,36)37/h3-8,15,17,23,38H,9-14,16H2,1-2H3. The molecule has 5 nitrogen and oxygen atoms in total. The largest absolute Gasteiger partial charge is 0.435 e. The minimum Gasteiger partial charge on any atom is -0.383 e. The van der Waals surface area contributed by atoms with E-state index in [4.69, 9.17) is 0 Å². The molecule has 0 radical (unpaired) electrons. The van der Waals surface area contributed by atoms with Gasteiger partial charge in [-0.05, 0) is 73.9 Å². The molecule has 1 aliphatic carbocycles. The summed E-state index contributed by atoms with van der Waals surface area (Å²) in [6, 6.07) is 4.13. The quantitative estimate of drug-likeness (QED) is 0.289. The Kier molecular flexibility index (Phi) is 7.38. The average molecular weight is 639 g/mol. The summed E-state index contributed by atoms with van der Waals surface area (Å²) in [6.45, 7) is 3.48. The second kappa shape index (κ2) is 10.1. The third-order valence-corrected chi connectivity index (χ3v) is 12.1. The average Bonchev–Trinajstić information content (AvgIpc) is 3.34. The maximum absolute atomic E-state index is 15.0. The van der Waals surface area contributed by atoms with Crippen molar-refractivity contribution in [2.24, 2.45) is 11.3 Å². The number of sulfone groups is 1. The summed E-state index contributed by atoms with van der Waals surface area (Å²) in [5.74, 6) is -0.616. The monoisotopic (exact) mass is 638 g/mol. The van der Waals surface area contributed by atoms with Crippen LogP contribution in [0.15, 0.2) is 47.4 Å². The van der Waals surface area contributed by atoms with E-state index in [9.17, 15) is 48.3 Å². The zero-order valence-corrected chi connectivity index (χ0v) is 24.1. The molecular weight excluding hydrogens is 608 g/mol. The van der Waals surface area contributed by atoms with E-state index in [-0.39, 0.29) is 35.9 Å². The highest BCUT2D eigenvalue weighted by Gasteiger charge is 2.74. The molecule has 1 saturated heterocycles. The predicted molar refractivity (Wildman–Crippen MR) is 141 cm³/mol. The van der Waals surface area contributed by atoms with Gasteiger partial charge < -0.3 is 10.2 Å². The Morgan fingerprint density at radius 1 is 0.930 bits per heavy atom. The number of carbonyl (C=O) groups is 1. The van der Waals surface area contributed by atoms with Crippen molar-refractivity contribution < 1.29 is 48.3 Å². The van der Waals surface area contributed by atoms with Gasteiger partial charge in [-0.2, -0.15) is 26.3 Å². The third-order valence-electron chi connectivity index (χ3n) is 9.54. The maximum Gasteiger partial charge on any atom is 0.435 e. The lowest BCUT2D eigenvalue weighted by atomic mass is 9.71. The number of carbonyl (C=O) groups excluding carboxylic acids is 1. The summed E-state index contributed by atoms with van der Waals surface area (Å²) in [5, 5.41) is 2.69. The number of rotatable bonds is 4. The molecular formula is C29H30F8N2O3S. The van der Waals surface area contributed by atoms with E-state index < -0.39 is 61.1 Å². The molecule has 3 aliphatic rings. The van der Waals surface area contributed by atoms with E-state index in [0.717, 1.165) is 43.2 Å². The van der Waals surface area contributed by atoms with Gasteiger partial charge >= 0.3 is 18.0 Å². The van der Waals surface area contributed by atoms with Gasteiger partial charge in [0.2, 0.25) is 5.91 Å². The van der Waals surface area contributed by atoms with Crippen LogP contribution in [0, 0.1) is 17.2 Å².